The summed E-state index contributed by atoms with van der Waals surface area (Å²) in [6.45, 7) is 8.77. The lowest BCUT2D eigenvalue weighted by atomic mass is 9.64. The van der Waals surface area contributed by atoms with Gasteiger partial charge in [0, 0.05) is 5.92 Å². The highest BCUT2D eigenvalue weighted by atomic mass is 16.6. The van der Waals surface area contributed by atoms with Crippen LogP contribution in [0.25, 0.3) is 0 Å². The van der Waals surface area contributed by atoms with Gasteiger partial charge >= 0.3 is 5.97 Å². The Hall–Kier alpha value is -1.35. The van der Waals surface area contributed by atoms with Crippen molar-refractivity contribution in [2.75, 3.05) is 0 Å². The number of ether oxygens (including phenoxy) is 1. The van der Waals surface area contributed by atoms with E-state index in [0.29, 0.717) is 12.3 Å². The molecule has 3 heteroatoms. The van der Waals surface area contributed by atoms with Crippen molar-refractivity contribution >= 4 is 5.97 Å². The Labute approximate surface area is 152 Å². The van der Waals surface area contributed by atoms with Crippen LogP contribution in [0.15, 0.2) is 30.3 Å². The maximum absolute atomic E-state index is 12.4. The van der Waals surface area contributed by atoms with E-state index in [0.717, 1.165) is 32.1 Å². The van der Waals surface area contributed by atoms with Crippen molar-refractivity contribution in [3.8, 4) is 0 Å². The topological polar surface area (TPSA) is 46.5 Å². The van der Waals surface area contributed by atoms with E-state index < -0.39 is 12.1 Å². The molecule has 0 saturated heterocycles. The van der Waals surface area contributed by atoms with Crippen LogP contribution in [0.4, 0.5) is 0 Å². The van der Waals surface area contributed by atoms with Gasteiger partial charge in [0.25, 0.3) is 0 Å². The van der Waals surface area contributed by atoms with Crippen molar-refractivity contribution in [3.63, 3.8) is 0 Å². The second-order valence-electron chi connectivity index (χ2n) is 8.25. The summed E-state index contributed by atoms with van der Waals surface area (Å²) in [5.41, 5.74) is 1.21. The summed E-state index contributed by atoms with van der Waals surface area (Å²) >= 11 is 0. The molecular formula is C22H34O3. The van der Waals surface area contributed by atoms with E-state index >= 15 is 0 Å². The first-order chi connectivity index (χ1) is 11.9. The van der Waals surface area contributed by atoms with Gasteiger partial charge < -0.3 is 9.84 Å². The molecule has 1 fully saturated rings. The second kappa shape index (κ2) is 8.84. The lowest BCUT2D eigenvalue weighted by molar-refractivity contribution is -0.167. The first-order valence-corrected chi connectivity index (χ1v) is 9.80. The standard InChI is InChI=1S/C22H34O3/c1-5-6-12-19(23)21(24)25-20-15-16(2)13-14-18(20)22(3,4)17-10-8-7-9-11-17/h7-11,16,18-20,23H,5-6,12-15H2,1-4H3/t16-,18-,19?,20-/m0/s1. The van der Waals surface area contributed by atoms with E-state index in [1.54, 1.807) is 0 Å². The zero-order valence-electron chi connectivity index (χ0n) is 16.2. The number of esters is 1. The van der Waals surface area contributed by atoms with Crippen molar-refractivity contribution < 1.29 is 14.6 Å². The monoisotopic (exact) mass is 346 g/mol. The van der Waals surface area contributed by atoms with Crippen LogP contribution < -0.4 is 0 Å². The lowest BCUT2D eigenvalue weighted by Gasteiger charge is -2.44. The molecule has 1 aliphatic rings. The first kappa shape index (κ1) is 20.0. The van der Waals surface area contributed by atoms with Crippen molar-refractivity contribution in [2.45, 2.75) is 83.8 Å². The van der Waals surface area contributed by atoms with Gasteiger partial charge in [0.05, 0.1) is 0 Å². The zero-order chi connectivity index (χ0) is 18.4. The minimum absolute atomic E-state index is 0.0687. The molecule has 0 bridgehead atoms. The average molecular weight is 347 g/mol. The highest BCUT2D eigenvalue weighted by Crippen LogP contribution is 2.43. The normalized spacial score (nSPS) is 25.4. The van der Waals surface area contributed by atoms with Crippen LogP contribution in [-0.2, 0) is 14.9 Å². The molecule has 1 aliphatic carbocycles. The zero-order valence-corrected chi connectivity index (χ0v) is 16.2. The number of carbonyl (C=O) groups excluding carboxylic acids is 1. The van der Waals surface area contributed by atoms with Crippen molar-refractivity contribution in [3.05, 3.63) is 35.9 Å². The molecule has 1 aromatic carbocycles. The van der Waals surface area contributed by atoms with E-state index in [1.807, 2.05) is 6.07 Å². The van der Waals surface area contributed by atoms with Gasteiger partial charge in [0.15, 0.2) is 6.10 Å². The predicted molar refractivity (Wildman–Crippen MR) is 101 cm³/mol. The van der Waals surface area contributed by atoms with E-state index in [4.69, 9.17) is 4.74 Å². The summed E-state index contributed by atoms with van der Waals surface area (Å²) in [6.07, 6.45) is 4.28. The maximum Gasteiger partial charge on any atom is 0.335 e. The van der Waals surface area contributed by atoms with E-state index in [1.165, 1.54) is 5.56 Å². The van der Waals surface area contributed by atoms with Crippen molar-refractivity contribution in [2.24, 2.45) is 11.8 Å². The molecule has 140 valence electrons. The molecule has 0 aromatic heterocycles. The Kier molecular flexibility index (Phi) is 7.06. The molecule has 1 saturated carbocycles. The molecule has 1 N–H and O–H groups in total. The van der Waals surface area contributed by atoms with Crippen LogP contribution >= 0.6 is 0 Å². The Morgan fingerprint density at radius 3 is 2.60 bits per heavy atom. The van der Waals surface area contributed by atoms with Gasteiger partial charge in [0.1, 0.15) is 6.10 Å². The summed E-state index contributed by atoms with van der Waals surface area (Å²) in [5.74, 6) is 0.378. The van der Waals surface area contributed by atoms with Crippen molar-refractivity contribution in [1.82, 2.24) is 0 Å². The molecule has 2 rings (SSSR count). The third-order valence-electron chi connectivity index (χ3n) is 5.87. The fourth-order valence-electron chi connectivity index (χ4n) is 4.11. The Bertz CT molecular complexity index is 537. The van der Waals surface area contributed by atoms with Crippen molar-refractivity contribution in [1.29, 1.82) is 0 Å². The maximum atomic E-state index is 12.4. The molecular weight excluding hydrogens is 312 g/mol. The molecule has 0 aliphatic heterocycles. The van der Waals surface area contributed by atoms with Crippen LogP contribution in [0.1, 0.15) is 71.8 Å². The molecule has 4 atom stereocenters. The number of hydrogen-bond acceptors (Lipinski definition) is 3. The smallest absolute Gasteiger partial charge is 0.335 e. The van der Waals surface area contributed by atoms with Gasteiger partial charge in [-0.25, -0.2) is 4.79 Å². The van der Waals surface area contributed by atoms with Crippen LogP contribution in [-0.4, -0.2) is 23.3 Å². The van der Waals surface area contributed by atoms with Gasteiger partial charge in [-0.3, -0.25) is 0 Å². The summed E-state index contributed by atoms with van der Waals surface area (Å²) < 4.78 is 5.85. The number of hydrogen-bond donors (Lipinski definition) is 1. The molecule has 1 aromatic rings. The molecule has 25 heavy (non-hydrogen) atoms. The number of carbonyl (C=O) groups is 1. The summed E-state index contributed by atoms with van der Waals surface area (Å²) in [5, 5.41) is 10.1. The quantitative estimate of drug-likeness (QED) is 0.717. The van der Waals surface area contributed by atoms with E-state index in [-0.39, 0.29) is 17.4 Å². The Morgan fingerprint density at radius 2 is 1.96 bits per heavy atom. The first-order valence-electron chi connectivity index (χ1n) is 9.80. The van der Waals surface area contributed by atoms with Crippen LogP contribution in [0.2, 0.25) is 0 Å². The number of aliphatic hydroxyl groups excluding tert-OH is 1. The summed E-state index contributed by atoms with van der Waals surface area (Å²) in [7, 11) is 0. The largest absolute Gasteiger partial charge is 0.460 e. The van der Waals surface area contributed by atoms with Gasteiger partial charge in [0.2, 0.25) is 0 Å². The van der Waals surface area contributed by atoms with Crippen LogP contribution in [0.5, 0.6) is 0 Å². The molecule has 0 amide bonds. The molecule has 0 heterocycles. The molecule has 3 nitrogen and oxygen atoms in total. The Morgan fingerprint density at radius 1 is 1.28 bits per heavy atom. The highest BCUT2D eigenvalue weighted by Gasteiger charge is 2.42. The summed E-state index contributed by atoms with van der Waals surface area (Å²) in [6, 6.07) is 10.5. The predicted octanol–water partition coefficient (Wildman–Crippen LogP) is 4.86. The molecule has 0 radical (unpaired) electrons. The second-order valence-corrected chi connectivity index (χ2v) is 8.25. The molecule has 0 spiro atoms. The molecule has 1 unspecified atom stereocenters. The fraction of sp³-hybridized carbons (Fsp3) is 0.682. The minimum atomic E-state index is -0.988. The van der Waals surface area contributed by atoms with Gasteiger partial charge in [-0.05, 0) is 36.2 Å². The van der Waals surface area contributed by atoms with Gasteiger partial charge in [-0.15, -0.1) is 0 Å². The highest BCUT2D eigenvalue weighted by molar-refractivity contribution is 5.74. The Balaban J connectivity index is 2.13. The lowest BCUT2D eigenvalue weighted by Crippen LogP contribution is -2.44. The number of unbranched alkanes of at least 4 members (excludes halogenated alkanes) is 1. The van der Waals surface area contributed by atoms with E-state index in [2.05, 4.69) is 52.0 Å². The number of aliphatic hydroxyl groups is 1. The number of rotatable bonds is 7. The average Bonchev–Trinajstić information content (AvgIpc) is 2.60. The van der Waals surface area contributed by atoms with Crippen LogP contribution in [0.3, 0.4) is 0 Å². The van der Waals surface area contributed by atoms with Crippen LogP contribution in [0, 0.1) is 11.8 Å². The fourth-order valence-corrected chi connectivity index (χ4v) is 4.11. The minimum Gasteiger partial charge on any atom is -0.460 e. The number of benzene rings is 1. The SMILES string of the molecule is CCCCC(O)C(=O)O[C@H]1C[C@@H](C)CC[C@@H]1C(C)(C)c1ccccc1. The third-order valence-corrected chi connectivity index (χ3v) is 5.87. The summed E-state index contributed by atoms with van der Waals surface area (Å²) in [4.78, 5) is 12.4. The third kappa shape index (κ3) is 5.07. The van der Waals surface area contributed by atoms with Gasteiger partial charge in [-0.1, -0.05) is 77.3 Å². The van der Waals surface area contributed by atoms with E-state index in [9.17, 15) is 9.90 Å². The van der Waals surface area contributed by atoms with Gasteiger partial charge in [-0.2, -0.15) is 0 Å².